The summed E-state index contributed by atoms with van der Waals surface area (Å²) in [7, 11) is -3.64. The molecule has 0 rings (SSSR count). The van der Waals surface area contributed by atoms with Crippen LogP contribution in [-0.2, 0) is 9.09 Å². The predicted molar refractivity (Wildman–Crippen MR) is 22.7 cm³/mol. The Labute approximate surface area is 48.7 Å². The van der Waals surface area contributed by atoms with Crippen molar-refractivity contribution in [3.05, 3.63) is 12.1 Å². The van der Waals surface area contributed by atoms with Gasteiger partial charge in [0.15, 0.2) is 0 Å². The third-order valence-electron chi connectivity index (χ3n) is 0.325. The second-order valence-corrected chi connectivity index (χ2v) is 1.64. The lowest BCUT2D eigenvalue weighted by atomic mass is 11.0. The zero-order valence-electron chi connectivity index (χ0n) is 3.90. The lowest BCUT2D eigenvalue weighted by Crippen LogP contribution is -1.75. The fraction of sp³-hybridized carbons (Fsp3) is 0. The minimum atomic E-state index is -3.64. The highest BCUT2D eigenvalue weighted by molar-refractivity contribution is 7.32. The van der Waals surface area contributed by atoms with E-state index < -0.39 is 20.3 Å². The molecule has 0 heterocycles. The smallest absolute Gasteiger partial charge is 0.367 e. The van der Waals surface area contributed by atoms with Gasteiger partial charge in [0, 0.05) is 0 Å². The Balaban J connectivity index is 3.92. The molecular weight excluding hydrogens is 160 g/mol. The van der Waals surface area contributed by atoms with Crippen LogP contribution in [0.4, 0.5) is 13.2 Å². The van der Waals surface area contributed by atoms with Gasteiger partial charge in [0.05, 0.1) is 0 Å². The second-order valence-electron chi connectivity index (χ2n) is 0.902. The third-order valence-corrected chi connectivity index (χ3v) is 0.679. The number of hydrogen-bond acceptors (Lipinski definition) is 2. The van der Waals surface area contributed by atoms with Crippen LogP contribution >= 0.6 is 8.25 Å². The molecule has 0 aromatic heterocycles. The molecule has 0 aliphatic rings. The molecule has 0 saturated heterocycles. The minimum absolute atomic E-state index is 2.30. The van der Waals surface area contributed by atoms with E-state index in [0.29, 0.717) is 0 Å². The predicted octanol–water partition coefficient (Wildman–Crippen LogP) is 1.42. The SMILES string of the molecule is O=[PH](O)OC(F)=C(F)F. The van der Waals surface area contributed by atoms with E-state index in [1.807, 2.05) is 0 Å². The van der Waals surface area contributed by atoms with Crippen LogP contribution in [0.25, 0.3) is 0 Å². The van der Waals surface area contributed by atoms with Gasteiger partial charge in [-0.05, 0) is 0 Å². The van der Waals surface area contributed by atoms with Gasteiger partial charge < -0.3 is 9.42 Å². The quantitative estimate of drug-likeness (QED) is 0.493. The summed E-state index contributed by atoms with van der Waals surface area (Å²) in [5.74, 6) is 0. The van der Waals surface area contributed by atoms with Crippen molar-refractivity contribution in [2.75, 3.05) is 0 Å². The molecule has 1 atom stereocenters. The highest BCUT2D eigenvalue weighted by Gasteiger charge is 2.07. The van der Waals surface area contributed by atoms with Crippen molar-refractivity contribution in [1.82, 2.24) is 0 Å². The van der Waals surface area contributed by atoms with Crippen molar-refractivity contribution in [2.45, 2.75) is 0 Å². The number of hydrogen-bond donors (Lipinski definition) is 1. The molecule has 0 bridgehead atoms. The normalized spacial score (nSPS) is 12.4. The van der Waals surface area contributed by atoms with Crippen molar-refractivity contribution < 1.29 is 27.2 Å². The molecule has 7 heteroatoms. The van der Waals surface area contributed by atoms with Crippen molar-refractivity contribution in [1.29, 1.82) is 0 Å². The molecule has 0 fully saturated rings. The van der Waals surface area contributed by atoms with Gasteiger partial charge in [0.25, 0.3) is 0 Å². The van der Waals surface area contributed by atoms with Gasteiger partial charge in [-0.2, -0.15) is 13.2 Å². The monoisotopic (exact) mass is 162 g/mol. The summed E-state index contributed by atoms with van der Waals surface area (Å²) in [6.45, 7) is 0. The van der Waals surface area contributed by atoms with E-state index in [-0.39, 0.29) is 0 Å². The molecule has 0 aliphatic heterocycles. The van der Waals surface area contributed by atoms with Crippen LogP contribution in [0.3, 0.4) is 0 Å². The van der Waals surface area contributed by atoms with Gasteiger partial charge in [-0.25, -0.2) is 4.57 Å². The number of halogens is 3. The molecule has 0 aromatic rings. The van der Waals surface area contributed by atoms with E-state index >= 15 is 0 Å². The molecule has 3 nitrogen and oxygen atoms in total. The molecule has 0 radical (unpaired) electrons. The summed E-state index contributed by atoms with van der Waals surface area (Å²) in [6, 6.07) is -2.30. The summed E-state index contributed by atoms with van der Waals surface area (Å²) in [4.78, 5) is 7.69. The topological polar surface area (TPSA) is 46.5 Å². The molecule has 0 aromatic carbocycles. The summed E-state index contributed by atoms with van der Waals surface area (Å²) < 4.78 is 45.8. The largest absolute Gasteiger partial charge is 0.395 e. The van der Waals surface area contributed by atoms with Gasteiger partial charge in [-0.3, -0.25) is 0 Å². The number of rotatable bonds is 2. The highest BCUT2D eigenvalue weighted by Crippen LogP contribution is 2.24. The Morgan fingerprint density at radius 3 is 2.00 bits per heavy atom. The lowest BCUT2D eigenvalue weighted by molar-refractivity contribution is 0.228. The van der Waals surface area contributed by atoms with E-state index in [0.717, 1.165) is 0 Å². The van der Waals surface area contributed by atoms with E-state index in [1.165, 1.54) is 0 Å². The molecule has 1 unspecified atom stereocenters. The fourth-order valence-electron chi connectivity index (χ4n) is 0.115. The molecule has 54 valence electrons. The molecule has 0 saturated carbocycles. The van der Waals surface area contributed by atoms with Crippen molar-refractivity contribution in [3.8, 4) is 0 Å². The maximum atomic E-state index is 11.3. The first-order valence-corrected chi connectivity index (χ1v) is 2.92. The summed E-state index contributed by atoms with van der Waals surface area (Å²) in [6.07, 6.45) is -2.75. The molecular formula is C2H2F3O3P. The second kappa shape index (κ2) is 3.53. The Morgan fingerprint density at radius 1 is 1.44 bits per heavy atom. The standard InChI is InChI=1S/C2H2F3O3P/c3-1(4)2(5)8-9(6)7/h9H,(H,6,7). The fourth-order valence-corrected chi connectivity index (χ4v) is 0.346. The van der Waals surface area contributed by atoms with Crippen LogP contribution in [0.1, 0.15) is 0 Å². The zero-order valence-corrected chi connectivity index (χ0v) is 4.90. The van der Waals surface area contributed by atoms with Crippen LogP contribution in [0.2, 0.25) is 0 Å². The molecule has 0 amide bonds. The van der Waals surface area contributed by atoms with Crippen LogP contribution < -0.4 is 0 Å². The Hall–Kier alpha value is -0.480. The van der Waals surface area contributed by atoms with Crippen LogP contribution in [0.15, 0.2) is 12.1 Å². The Kier molecular flexibility index (Phi) is 3.34. The van der Waals surface area contributed by atoms with Crippen LogP contribution in [0.5, 0.6) is 0 Å². The van der Waals surface area contributed by atoms with Crippen molar-refractivity contribution in [2.24, 2.45) is 0 Å². The van der Waals surface area contributed by atoms with E-state index in [9.17, 15) is 17.7 Å². The molecule has 9 heavy (non-hydrogen) atoms. The van der Waals surface area contributed by atoms with Gasteiger partial charge >= 0.3 is 20.3 Å². The first-order chi connectivity index (χ1) is 4.04. The Morgan fingerprint density at radius 2 is 1.89 bits per heavy atom. The zero-order chi connectivity index (χ0) is 7.44. The maximum Gasteiger partial charge on any atom is 0.367 e. The lowest BCUT2D eigenvalue weighted by Gasteiger charge is -1.92. The van der Waals surface area contributed by atoms with Crippen molar-refractivity contribution in [3.63, 3.8) is 0 Å². The van der Waals surface area contributed by atoms with E-state index in [2.05, 4.69) is 4.52 Å². The van der Waals surface area contributed by atoms with Gasteiger partial charge in [-0.15, -0.1) is 0 Å². The summed E-state index contributed by atoms with van der Waals surface area (Å²) >= 11 is 0. The summed E-state index contributed by atoms with van der Waals surface area (Å²) in [5.41, 5.74) is 0. The summed E-state index contributed by atoms with van der Waals surface area (Å²) in [5, 5.41) is 0. The molecule has 1 N–H and O–H groups in total. The molecule has 0 spiro atoms. The highest BCUT2D eigenvalue weighted by atomic mass is 31.1. The van der Waals surface area contributed by atoms with E-state index in [1.54, 1.807) is 0 Å². The van der Waals surface area contributed by atoms with Crippen LogP contribution in [0, 0.1) is 0 Å². The third kappa shape index (κ3) is 4.05. The minimum Gasteiger partial charge on any atom is -0.395 e. The van der Waals surface area contributed by atoms with E-state index in [4.69, 9.17) is 4.89 Å². The van der Waals surface area contributed by atoms with Gasteiger partial charge in [-0.1, -0.05) is 0 Å². The maximum absolute atomic E-state index is 11.3. The average molecular weight is 162 g/mol. The van der Waals surface area contributed by atoms with Crippen molar-refractivity contribution >= 4 is 8.25 Å². The van der Waals surface area contributed by atoms with Crippen LogP contribution in [-0.4, -0.2) is 4.89 Å². The molecule has 0 aliphatic carbocycles. The van der Waals surface area contributed by atoms with Gasteiger partial charge in [0.1, 0.15) is 0 Å². The average Bonchev–Trinajstić information content (AvgIpc) is 1.63. The first kappa shape index (κ1) is 8.52. The first-order valence-electron chi connectivity index (χ1n) is 1.65. The Bertz CT molecular complexity index is 151. The van der Waals surface area contributed by atoms with Gasteiger partial charge in [0.2, 0.25) is 0 Å².